The van der Waals surface area contributed by atoms with E-state index in [1.54, 1.807) is 11.5 Å². The second-order valence-electron chi connectivity index (χ2n) is 7.95. The van der Waals surface area contributed by atoms with Gasteiger partial charge in [0.25, 0.3) is 5.91 Å². The number of rotatable bonds is 12. The lowest BCUT2D eigenvalue weighted by atomic mass is 9.93. The zero-order valence-corrected chi connectivity index (χ0v) is 21.5. The number of aromatic nitrogens is 1. The average Bonchev–Trinajstić information content (AvgIpc) is 2.94. The third-order valence-electron chi connectivity index (χ3n) is 5.21. The van der Waals surface area contributed by atoms with Crippen molar-refractivity contribution < 1.29 is 42.5 Å². The molecule has 0 fully saturated rings. The van der Waals surface area contributed by atoms with Crippen molar-refractivity contribution in [1.29, 1.82) is 0 Å². The van der Waals surface area contributed by atoms with Crippen LogP contribution in [0.5, 0.6) is 5.75 Å². The van der Waals surface area contributed by atoms with Gasteiger partial charge in [0.2, 0.25) is 0 Å². The van der Waals surface area contributed by atoms with E-state index in [1.165, 1.54) is 18.2 Å². The highest BCUT2D eigenvalue weighted by molar-refractivity contribution is 7.46. The van der Waals surface area contributed by atoms with Gasteiger partial charge in [0.15, 0.2) is 0 Å². The van der Waals surface area contributed by atoms with Gasteiger partial charge in [-0.15, -0.1) is 0 Å². The van der Waals surface area contributed by atoms with Gasteiger partial charge in [-0.25, -0.2) is 9.13 Å². The van der Waals surface area contributed by atoms with Gasteiger partial charge in [-0.1, -0.05) is 44.4 Å². The van der Waals surface area contributed by atoms with E-state index in [4.69, 9.17) is 36.9 Å². The summed E-state index contributed by atoms with van der Waals surface area (Å²) < 4.78 is 33.3. The highest BCUT2D eigenvalue weighted by Crippen LogP contribution is 2.43. The molecule has 1 amide bonds. The summed E-state index contributed by atoms with van der Waals surface area (Å²) in [5, 5.41) is -0.0842. The molecule has 0 saturated carbocycles. The van der Waals surface area contributed by atoms with Gasteiger partial charge < -0.3 is 24.6 Å². The third kappa shape index (κ3) is 7.66. The van der Waals surface area contributed by atoms with Crippen LogP contribution in [0.15, 0.2) is 18.2 Å². The van der Waals surface area contributed by atoms with E-state index in [0.717, 1.165) is 12.8 Å². The lowest BCUT2D eigenvalue weighted by molar-refractivity contribution is 0.0999. The maximum atomic E-state index is 12.5. The van der Waals surface area contributed by atoms with E-state index in [9.17, 15) is 13.9 Å². The Balaban J connectivity index is 2.67. The number of nitrogens with zero attached hydrogens (tertiary/aromatic N) is 1. The van der Waals surface area contributed by atoms with Gasteiger partial charge >= 0.3 is 15.6 Å². The Bertz CT molecular complexity index is 1140. The van der Waals surface area contributed by atoms with Crippen LogP contribution in [0.25, 0.3) is 11.1 Å². The Kier molecular flexibility index (Phi) is 9.55. The van der Waals surface area contributed by atoms with Crippen LogP contribution in [-0.2, 0) is 26.6 Å². The largest absolute Gasteiger partial charge is 0.524 e. The molecule has 11 nitrogen and oxygen atoms in total. The molecular formula is C20H29ClN2O9P2. The van der Waals surface area contributed by atoms with E-state index < -0.39 is 21.6 Å². The first-order valence-electron chi connectivity index (χ1n) is 10.4. The summed E-state index contributed by atoms with van der Waals surface area (Å²) in [4.78, 5) is 48.7. The normalized spacial score (nSPS) is 13.2. The zero-order chi connectivity index (χ0) is 25.8. The van der Waals surface area contributed by atoms with Gasteiger partial charge in [-0.3, -0.25) is 19.1 Å². The molecule has 1 aromatic heterocycles. The molecule has 0 aliphatic carbocycles. The van der Waals surface area contributed by atoms with Crippen molar-refractivity contribution in [3.63, 3.8) is 0 Å². The minimum Gasteiger partial charge on any atom is -0.403 e. The predicted molar refractivity (Wildman–Crippen MR) is 127 cm³/mol. The van der Waals surface area contributed by atoms with Gasteiger partial charge in [0.05, 0.1) is 17.2 Å². The van der Waals surface area contributed by atoms with Gasteiger partial charge in [0.1, 0.15) is 5.75 Å². The smallest absolute Gasteiger partial charge is 0.403 e. The van der Waals surface area contributed by atoms with Crippen LogP contribution < -0.4 is 10.3 Å². The molecule has 2 rings (SSSR count). The van der Waals surface area contributed by atoms with Crippen LogP contribution in [-0.4, -0.2) is 36.7 Å². The Hall–Kier alpha value is -1.68. The molecule has 1 unspecified atom stereocenters. The molecule has 0 bridgehead atoms. The molecule has 1 heterocycles. The van der Waals surface area contributed by atoms with Crippen molar-refractivity contribution in [3.8, 4) is 16.9 Å². The Morgan fingerprint density at radius 2 is 1.85 bits per heavy atom. The van der Waals surface area contributed by atoms with E-state index in [0.29, 0.717) is 28.9 Å². The minimum atomic E-state index is -4.83. The SMILES string of the molecule is CCCC(C)Cc1c(-c2ccc(OP(=O)(O)O)c(Cl)c2)c(C(N)=O)c(C)n1CCOP(=O)(O)O. The fourth-order valence-corrected chi connectivity index (χ4v) is 4.97. The first kappa shape index (κ1) is 28.6. The van der Waals surface area contributed by atoms with Crippen LogP contribution in [0.1, 0.15) is 48.4 Å². The number of hydrogen-bond donors (Lipinski definition) is 5. The van der Waals surface area contributed by atoms with Crippen LogP contribution in [0.2, 0.25) is 5.02 Å². The number of amides is 1. The molecule has 0 radical (unpaired) electrons. The zero-order valence-electron chi connectivity index (χ0n) is 19.0. The lowest BCUT2D eigenvalue weighted by Gasteiger charge is -2.17. The quantitative estimate of drug-likeness (QED) is 0.251. The fourth-order valence-electron chi connectivity index (χ4n) is 3.96. The second-order valence-corrected chi connectivity index (χ2v) is 10.8. The number of hydrogen-bond acceptors (Lipinski definition) is 5. The van der Waals surface area contributed by atoms with Crippen molar-refractivity contribution in [2.45, 2.75) is 46.6 Å². The molecule has 2 aromatic rings. The molecule has 1 atom stereocenters. The summed E-state index contributed by atoms with van der Waals surface area (Å²) in [5.41, 5.74) is 8.04. The standard InChI is InChI=1S/C20H29ClN2O9P2/c1-4-5-12(2)10-16-19(14-6-7-17(15(21)11-14)32-34(28,29)30)18(20(22)24)13(3)23(16)8-9-31-33(25,26)27/h6-7,11-12H,4-5,8-10H2,1-3H3,(H2,22,24)(H2,25,26,27)(H2,28,29,30). The monoisotopic (exact) mass is 538 g/mol. The van der Waals surface area contributed by atoms with E-state index in [-0.39, 0.29) is 35.4 Å². The summed E-state index contributed by atoms with van der Waals surface area (Å²) >= 11 is 6.21. The molecule has 0 saturated heterocycles. The topological polar surface area (TPSA) is 182 Å². The molecule has 1 aromatic carbocycles. The van der Waals surface area contributed by atoms with Crippen LogP contribution in [0.4, 0.5) is 0 Å². The van der Waals surface area contributed by atoms with Crippen LogP contribution in [0.3, 0.4) is 0 Å². The lowest BCUT2D eigenvalue weighted by Crippen LogP contribution is -2.14. The number of halogens is 1. The Labute approximate surface area is 202 Å². The van der Waals surface area contributed by atoms with Crippen molar-refractivity contribution >= 4 is 33.2 Å². The Morgan fingerprint density at radius 3 is 2.35 bits per heavy atom. The number of benzene rings is 1. The summed E-state index contributed by atoms with van der Waals surface area (Å²) in [6.07, 6.45) is 2.34. The van der Waals surface area contributed by atoms with Gasteiger partial charge in [-0.05, 0) is 37.0 Å². The fraction of sp³-hybridized carbons (Fsp3) is 0.450. The van der Waals surface area contributed by atoms with Crippen molar-refractivity contribution in [3.05, 3.63) is 40.2 Å². The maximum absolute atomic E-state index is 12.5. The molecule has 34 heavy (non-hydrogen) atoms. The third-order valence-corrected chi connectivity index (χ3v) is 6.46. The molecule has 0 aliphatic rings. The molecular weight excluding hydrogens is 510 g/mol. The van der Waals surface area contributed by atoms with E-state index in [2.05, 4.69) is 9.05 Å². The number of phosphoric ester groups is 2. The highest BCUT2D eigenvalue weighted by Gasteiger charge is 2.27. The number of carbonyl (C=O) groups is 1. The summed E-state index contributed by atoms with van der Waals surface area (Å²) in [5.74, 6) is -0.738. The minimum absolute atomic E-state index is 0.0541. The number of nitrogens with two attached hydrogens (primary N) is 1. The molecule has 190 valence electrons. The summed E-state index contributed by atoms with van der Waals surface area (Å²) in [6.45, 7) is 5.51. The molecule has 0 aliphatic heterocycles. The van der Waals surface area contributed by atoms with E-state index >= 15 is 0 Å². The number of primary amides is 1. The second kappa shape index (κ2) is 11.4. The molecule has 0 spiro atoms. The van der Waals surface area contributed by atoms with Crippen molar-refractivity contribution in [2.24, 2.45) is 11.7 Å². The highest BCUT2D eigenvalue weighted by atomic mass is 35.5. The average molecular weight is 539 g/mol. The molecule has 14 heteroatoms. The van der Waals surface area contributed by atoms with Crippen molar-refractivity contribution in [1.82, 2.24) is 4.57 Å². The van der Waals surface area contributed by atoms with Crippen molar-refractivity contribution in [2.75, 3.05) is 6.61 Å². The van der Waals surface area contributed by atoms with Crippen LogP contribution >= 0.6 is 27.2 Å². The first-order valence-corrected chi connectivity index (χ1v) is 13.8. The van der Waals surface area contributed by atoms with E-state index in [1.807, 2.05) is 13.8 Å². The number of phosphoric acid groups is 2. The molecule has 6 N–H and O–H groups in total. The summed E-state index contributed by atoms with van der Waals surface area (Å²) in [7, 11) is -9.52. The predicted octanol–water partition coefficient (Wildman–Crippen LogP) is 3.78. The van der Waals surface area contributed by atoms with Gasteiger partial charge in [-0.2, -0.15) is 0 Å². The van der Waals surface area contributed by atoms with Gasteiger partial charge in [0, 0.05) is 23.5 Å². The first-order chi connectivity index (χ1) is 15.6. The maximum Gasteiger partial charge on any atom is 0.524 e. The summed E-state index contributed by atoms with van der Waals surface area (Å²) in [6, 6.07) is 4.20. The van der Waals surface area contributed by atoms with Crippen LogP contribution in [0, 0.1) is 12.8 Å². The number of carbonyl (C=O) groups excluding carboxylic acids is 1. The Morgan fingerprint density at radius 1 is 1.21 bits per heavy atom.